The van der Waals surface area contributed by atoms with E-state index in [4.69, 9.17) is 0 Å². The van der Waals surface area contributed by atoms with Gasteiger partial charge in [0.05, 0.1) is 0 Å². The zero-order valence-electron chi connectivity index (χ0n) is 13.4. The van der Waals surface area contributed by atoms with E-state index < -0.39 is 0 Å². The molecule has 2 amide bonds. The molecule has 2 aliphatic heterocycles. The molecule has 0 aromatic carbocycles. The lowest BCUT2D eigenvalue weighted by Gasteiger charge is -2.28. The van der Waals surface area contributed by atoms with Crippen LogP contribution in [-0.4, -0.2) is 48.9 Å². The molecule has 2 aliphatic rings. The molecule has 2 fully saturated rings. The fourth-order valence-electron chi connectivity index (χ4n) is 3.49. The van der Waals surface area contributed by atoms with E-state index in [1.165, 1.54) is 12.8 Å². The zero-order valence-corrected chi connectivity index (χ0v) is 13.4. The van der Waals surface area contributed by atoms with Gasteiger partial charge in [0.2, 0.25) is 11.8 Å². The Hall–Kier alpha value is -1.10. The summed E-state index contributed by atoms with van der Waals surface area (Å²) in [6.45, 7) is 7.69. The molecule has 21 heavy (non-hydrogen) atoms. The van der Waals surface area contributed by atoms with Crippen molar-refractivity contribution in [1.29, 1.82) is 0 Å². The van der Waals surface area contributed by atoms with Crippen LogP contribution >= 0.6 is 0 Å². The van der Waals surface area contributed by atoms with Crippen molar-refractivity contribution in [2.24, 2.45) is 11.8 Å². The minimum absolute atomic E-state index is 0.147. The minimum atomic E-state index is 0.147. The fraction of sp³-hybridized carbons (Fsp3) is 0.875. The van der Waals surface area contributed by atoms with Gasteiger partial charge in [0.25, 0.3) is 0 Å². The molecule has 2 atom stereocenters. The number of hydrogen-bond acceptors (Lipinski definition) is 3. The summed E-state index contributed by atoms with van der Waals surface area (Å²) >= 11 is 0. The Morgan fingerprint density at radius 1 is 1.29 bits per heavy atom. The van der Waals surface area contributed by atoms with Crippen molar-refractivity contribution in [3.63, 3.8) is 0 Å². The largest absolute Gasteiger partial charge is 0.352 e. The number of hydrogen-bond donors (Lipinski definition) is 2. The lowest BCUT2D eigenvalue weighted by atomic mass is 9.84. The van der Waals surface area contributed by atoms with Crippen molar-refractivity contribution in [1.82, 2.24) is 15.5 Å². The highest BCUT2D eigenvalue weighted by Gasteiger charge is 2.28. The Morgan fingerprint density at radius 2 is 2.00 bits per heavy atom. The molecule has 5 heteroatoms. The van der Waals surface area contributed by atoms with Gasteiger partial charge in [-0.3, -0.25) is 9.59 Å². The molecular weight excluding hydrogens is 266 g/mol. The number of nitrogens with zero attached hydrogens (tertiary/aromatic N) is 1. The van der Waals surface area contributed by atoms with E-state index in [0.717, 1.165) is 26.1 Å². The Kier molecular flexibility index (Phi) is 6.03. The fourth-order valence-corrected chi connectivity index (χ4v) is 3.49. The average Bonchev–Trinajstić information content (AvgIpc) is 2.95. The van der Waals surface area contributed by atoms with Crippen LogP contribution in [0.4, 0.5) is 0 Å². The van der Waals surface area contributed by atoms with E-state index >= 15 is 0 Å². The maximum Gasteiger partial charge on any atom is 0.222 e. The molecule has 0 aromatic heterocycles. The van der Waals surface area contributed by atoms with Gasteiger partial charge in [0.1, 0.15) is 0 Å². The third kappa shape index (κ3) is 4.70. The van der Waals surface area contributed by atoms with Gasteiger partial charge in [-0.1, -0.05) is 13.8 Å². The third-order valence-corrected chi connectivity index (χ3v) is 4.90. The topological polar surface area (TPSA) is 61.4 Å². The lowest BCUT2D eigenvalue weighted by molar-refractivity contribution is -0.130. The van der Waals surface area contributed by atoms with Crippen LogP contribution in [0.25, 0.3) is 0 Å². The standard InChI is InChI=1S/C16H29N3O2/c1-3-16(21)19-9-6-14(11-19)18-15(20)10-12(2)13-4-7-17-8-5-13/h12-14,17H,3-11H2,1-2H3,(H,18,20). The first-order valence-corrected chi connectivity index (χ1v) is 8.38. The molecule has 2 N–H and O–H groups in total. The average molecular weight is 295 g/mol. The molecule has 0 saturated carbocycles. The summed E-state index contributed by atoms with van der Waals surface area (Å²) in [5, 5.41) is 6.47. The summed E-state index contributed by atoms with van der Waals surface area (Å²) in [6, 6.07) is 0.147. The van der Waals surface area contributed by atoms with E-state index in [-0.39, 0.29) is 17.9 Å². The van der Waals surface area contributed by atoms with Gasteiger partial charge in [-0.15, -0.1) is 0 Å². The first-order valence-electron chi connectivity index (χ1n) is 8.38. The first-order chi connectivity index (χ1) is 10.1. The second-order valence-corrected chi connectivity index (χ2v) is 6.52. The molecular formula is C16H29N3O2. The summed E-state index contributed by atoms with van der Waals surface area (Å²) in [5.74, 6) is 1.45. The molecule has 0 spiro atoms. The van der Waals surface area contributed by atoms with Crippen molar-refractivity contribution >= 4 is 11.8 Å². The van der Waals surface area contributed by atoms with Gasteiger partial charge in [0.15, 0.2) is 0 Å². The third-order valence-electron chi connectivity index (χ3n) is 4.90. The normalized spacial score (nSPS) is 24.9. The molecule has 2 heterocycles. The van der Waals surface area contributed by atoms with Crippen LogP contribution in [0.5, 0.6) is 0 Å². The van der Waals surface area contributed by atoms with Crippen LogP contribution in [-0.2, 0) is 9.59 Å². The second kappa shape index (κ2) is 7.78. The van der Waals surface area contributed by atoms with Crippen LogP contribution in [0, 0.1) is 11.8 Å². The first kappa shape index (κ1) is 16.3. The highest BCUT2D eigenvalue weighted by Crippen LogP contribution is 2.24. The summed E-state index contributed by atoms with van der Waals surface area (Å²) in [6.07, 6.45) is 4.41. The second-order valence-electron chi connectivity index (χ2n) is 6.52. The van der Waals surface area contributed by atoms with Gasteiger partial charge in [-0.2, -0.15) is 0 Å². The van der Waals surface area contributed by atoms with Crippen molar-refractivity contribution in [2.75, 3.05) is 26.2 Å². The van der Waals surface area contributed by atoms with Crippen LogP contribution < -0.4 is 10.6 Å². The van der Waals surface area contributed by atoms with E-state index in [1.54, 1.807) is 0 Å². The van der Waals surface area contributed by atoms with Gasteiger partial charge >= 0.3 is 0 Å². The van der Waals surface area contributed by atoms with Gasteiger partial charge in [0, 0.05) is 32.0 Å². The number of piperidine rings is 1. The Bertz CT molecular complexity index is 367. The molecule has 0 aliphatic carbocycles. The quantitative estimate of drug-likeness (QED) is 0.799. The Morgan fingerprint density at radius 3 is 2.67 bits per heavy atom. The van der Waals surface area contributed by atoms with E-state index in [1.807, 2.05) is 11.8 Å². The maximum atomic E-state index is 12.2. The van der Waals surface area contributed by atoms with Crippen molar-refractivity contribution in [3.05, 3.63) is 0 Å². The minimum Gasteiger partial charge on any atom is -0.352 e. The molecule has 2 unspecified atom stereocenters. The van der Waals surface area contributed by atoms with Crippen LogP contribution in [0.3, 0.4) is 0 Å². The molecule has 0 aromatic rings. The van der Waals surface area contributed by atoms with Crippen LogP contribution in [0.2, 0.25) is 0 Å². The molecule has 2 saturated heterocycles. The number of amides is 2. The number of carbonyl (C=O) groups is 2. The summed E-state index contributed by atoms with van der Waals surface area (Å²) in [7, 11) is 0. The van der Waals surface area contributed by atoms with Crippen molar-refractivity contribution in [2.45, 2.75) is 52.0 Å². The van der Waals surface area contributed by atoms with E-state index in [9.17, 15) is 9.59 Å². The number of nitrogens with one attached hydrogen (secondary N) is 2. The number of rotatable bonds is 5. The zero-order chi connectivity index (χ0) is 15.2. The van der Waals surface area contributed by atoms with Crippen molar-refractivity contribution < 1.29 is 9.59 Å². The molecule has 120 valence electrons. The summed E-state index contributed by atoms with van der Waals surface area (Å²) in [4.78, 5) is 25.7. The number of carbonyl (C=O) groups excluding carboxylic acids is 2. The monoisotopic (exact) mass is 295 g/mol. The molecule has 0 radical (unpaired) electrons. The Labute approximate surface area is 127 Å². The summed E-state index contributed by atoms with van der Waals surface area (Å²) in [5.41, 5.74) is 0. The van der Waals surface area contributed by atoms with Gasteiger partial charge < -0.3 is 15.5 Å². The number of likely N-dealkylation sites (tertiary alicyclic amines) is 1. The SMILES string of the molecule is CCC(=O)N1CCC(NC(=O)CC(C)C2CCNCC2)C1. The Balaban J connectivity index is 1.71. The maximum absolute atomic E-state index is 12.2. The molecule has 0 bridgehead atoms. The lowest BCUT2D eigenvalue weighted by Crippen LogP contribution is -2.40. The highest BCUT2D eigenvalue weighted by molar-refractivity contribution is 5.78. The molecule has 5 nitrogen and oxygen atoms in total. The van der Waals surface area contributed by atoms with Crippen molar-refractivity contribution in [3.8, 4) is 0 Å². The van der Waals surface area contributed by atoms with E-state index in [2.05, 4.69) is 17.6 Å². The van der Waals surface area contributed by atoms with Crippen LogP contribution in [0.1, 0.15) is 46.0 Å². The smallest absolute Gasteiger partial charge is 0.222 e. The van der Waals surface area contributed by atoms with E-state index in [0.29, 0.717) is 31.2 Å². The molecule has 2 rings (SSSR count). The summed E-state index contributed by atoms with van der Waals surface area (Å²) < 4.78 is 0. The van der Waals surface area contributed by atoms with Crippen LogP contribution in [0.15, 0.2) is 0 Å². The highest BCUT2D eigenvalue weighted by atomic mass is 16.2. The predicted molar refractivity (Wildman–Crippen MR) is 82.8 cm³/mol. The predicted octanol–water partition coefficient (Wildman–Crippen LogP) is 1.14. The van der Waals surface area contributed by atoms with Gasteiger partial charge in [-0.25, -0.2) is 0 Å². The van der Waals surface area contributed by atoms with Gasteiger partial charge in [-0.05, 0) is 44.2 Å².